The minimum absolute atomic E-state index is 0.0733. The molecule has 0 unspecified atom stereocenters. The van der Waals surface area contributed by atoms with Gasteiger partial charge in [0.15, 0.2) is 0 Å². The van der Waals surface area contributed by atoms with E-state index in [0.717, 1.165) is 29.4 Å². The average molecular weight is 336 g/mol. The van der Waals surface area contributed by atoms with Crippen molar-refractivity contribution in [3.05, 3.63) is 119 Å². The van der Waals surface area contributed by atoms with E-state index in [0.29, 0.717) is 0 Å². The van der Waals surface area contributed by atoms with Crippen LogP contribution in [0.4, 0.5) is 0 Å². The molecule has 3 aromatic rings. The second-order valence-corrected chi connectivity index (χ2v) is 6.56. The van der Waals surface area contributed by atoms with Crippen molar-refractivity contribution in [3.63, 3.8) is 0 Å². The lowest BCUT2D eigenvalue weighted by Crippen LogP contribution is -2.11. The smallest absolute Gasteiger partial charge is 0.147 e. The summed E-state index contributed by atoms with van der Waals surface area (Å²) in [6.07, 6.45) is 4.06. The molecule has 0 radical (unpaired) electrons. The first-order valence-corrected chi connectivity index (χ1v) is 8.92. The zero-order valence-electron chi connectivity index (χ0n) is 14.5. The van der Waals surface area contributed by atoms with Gasteiger partial charge in [-0.05, 0) is 34.3 Å². The summed E-state index contributed by atoms with van der Waals surface area (Å²) < 4.78 is 0. The number of allylic oxidation sites excluding steroid dienone is 4. The highest BCUT2D eigenvalue weighted by atomic mass is 16.1. The van der Waals surface area contributed by atoms with Crippen molar-refractivity contribution in [3.8, 4) is 0 Å². The number of aldehydes is 1. The maximum Gasteiger partial charge on any atom is 0.147 e. The Hall–Kier alpha value is -3.19. The molecule has 0 saturated carbocycles. The fourth-order valence-electron chi connectivity index (χ4n) is 3.68. The summed E-state index contributed by atoms with van der Waals surface area (Å²) >= 11 is 0. The molecule has 3 aromatic carbocycles. The van der Waals surface area contributed by atoms with Crippen LogP contribution in [0.25, 0.3) is 11.1 Å². The molecule has 0 N–H and O–H groups in total. The van der Waals surface area contributed by atoms with Gasteiger partial charge in [-0.1, -0.05) is 97.1 Å². The Kier molecular flexibility index (Phi) is 4.61. The van der Waals surface area contributed by atoms with Crippen molar-refractivity contribution < 1.29 is 4.79 Å². The van der Waals surface area contributed by atoms with E-state index in [4.69, 9.17) is 0 Å². The van der Waals surface area contributed by atoms with Gasteiger partial charge in [-0.15, -0.1) is 0 Å². The van der Waals surface area contributed by atoms with Crippen LogP contribution in [0.2, 0.25) is 0 Å². The average Bonchev–Trinajstić information content (AvgIpc) is 2.74. The maximum absolute atomic E-state index is 12.1. The Morgan fingerprint density at radius 3 is 1.81 bits per heavy atom. The summed E-state index contributed by atoms with van der Waals surface area (Å²) in [5, 5.41) is 0. The molecule has 0 saturated heterocycles. The summed E-state index contributed by atoms with van der Waals surface area (Å²) in [5.41, 5.74) is 6.64. The molecule has 1 atom stereocenters. The molecule has 0 amide bonds. The van der Waals surface area contributed by atoms with Crippen molar-refractivity contribution in [1.82, 2.24) is 0 Å². The van der Waals surface area contributed by atoms with Crippen LogP contribution in [-0.2, 0) is 4.79 Å². The molecular formula is C25H20O. The van der Waals surface area contributed by atoms with Crippen LogP contribution in [-0.4, -0.2) is 6.29 Å². The lowest BCUT2D eigenvalue weighted by Gasteiger charge is -2.27. The molecule has 1 aliphatic rings. The Morgan fingerprint density at radius 1 is 0.692 bits per heavy atom. The largest absolute Gasteiger partial charge is 0.298 e. The van der Waals surface area contributed by atoms with E-state index in [2.05, 4.69) is 54.6 Å². The third kappa shape index (κ3) is 3.16. The minimum atomic E-state index is 0.0733. The third-order valence-electron chi connectivity index (χ3n) is 4.99. The van der Waals surface area contributed by atoms with Gasteiger partial charge in [-0.2, -0.15) is 0 Å². The van der Waals surface area contributed by atoms with Gasteiger partial charge < -0.3 is 0 Å². The van der Waals surface area contributed by atoms with Crippen molar-refractivity contribution in [2.75, 3.05) is 0 Å². The quantitative estimate of drug-likeness (QED) is 0.541. The van der Waals surface area contributed by atoms with E-state index in [1.54, 1.807) is 0 Å². The molecule has 0 fully saturated rings. The molecule has 0 spiro atoms. The van der Waals surface area contributed by atoms with Gasteiger partial charge in [0.25, 0.3) is 0 Å². The highest BCUT2D eigenvalue weighted by molar-refractivity contribution is 5.99. The summed E-state index contributed by atoms with van der Waals surface area (Å²) in [7, 11) is 0. The second-order valence-electron chi connectivity index (χ2n) is 6.56. The molecule has 0 aliphatic heterocycles. The summed E-state index contributed by atoms with van der Waals surface area (Å²) in [4.78, 5) is 12.1. The van der Waals surface area contributed by atoms with Gasteiger partial charge in [0.1, 0.15) is 6.29 Å². The lowest BCUT2D eigenvalue weighted by atomic mass is 9.76. The van der Waals surface area contributed by atoms with E-state index in [1.807, 2.05) is 42.5 Å². The molecule has 4 rings (SSSR count). The Labute approximate surface area is 154 Å². The normalized spacial score (nSPS) is 16.9. The summed E-state index contributed by atoms with van der Waals surface area (Å²) in [6, 6.07) is 31.0. The van der Waals surface area contributed by atoms with E-state index < -0.39 is 0 Å². The molecule has 126 valence electrons. The Morgan fingerprint density at radius 2 is 1.23 bits per heavy atom. The molecule has 0 aromatic heterocycles. The van der Waals surface area contributed by atoms with Crippen LogP contribution in [0.5, 0.6) is 0 Å². The molecule has 26 heavy (non-hydrogen) atoms. The Bertz CT molecular complexity index is 951. The van der Waals surface area contributed by atoms with Gasteiger partial charge in [0.05, 0.1) is 0 Å². The van der Waals surface area contributed by atoms with Gasteiger partial charge >= 0.3 is 0 Å². The highest BCUT2D eigenvalue weighted by Crippen LogP contribution is 2.42. The molecule has 1 aliphatic carbocycles. The number of carbonyl (C=O) groups excluding carboxylic acids is 1. The van der Waals surface area contributed by atoms with Crippen molar-refractivity contribution in [2.24, 2.45) is 0 Å². The van der Waals surface area contributed by atoms with E-state index in [1.165, 1.54) is 16.7 Å². The van der Waals surface area contributed by atoms with Crippen LogP contribution in [0, 0.1) is 0 Å². The second kappa shape index (κ2) is 7.37. The van der Waals surface area contributed by atoms with Crippen LogP contribution < -0.4 is 0 Å². The van der Waals surface area contributed by atoms with Crippen molar-refractivity contribution in [1.29, 1.82) is 0 Å². The van der Waals surface area contributed by atoms with Gasteiger partial charge in [-0.3, -0.25) is 4.79 Å². The Balaban J connectivity index is 1.90. The van der Waals surface area contributed by atoms with Crippen LogP contribution in [0.3, 0.4) is 0 Å². The number of benzene rings is 3. The zero-order valence-corrected chi connectivity index (χ0v) is 14.5. The first-order valence-electron chi connectivity index (χ1n) is 8.92. The fraction of sp³-hybridized carbons (Fsp3) is 0.0800. The van der Waals surface area contributed by atoms with Crippen molar-refractivity contribution in [2.45, 2.75) is 12.3 Å². The van der Waals surface area contributed by atoms with Crippen molar-refractivity contribution >= 4 is 17.4 Å². The van der Waals surface area contributed by atoms with E-state index in [-0.39, 0.29) is 5.92 Å². The van der Waals surface area contributed by atoms with E-state index >= 15 is 0 Å². The van der Waals surface area contributed by atoms with Gasteiger partial charge in [0.2, 0.25) is 0 Å². The summed E-state index contributed by atoms with van der Waals surface area (Å²) in [6.45, 7) is 0. The zero-order chi connectivity index (χ0) is 17.8. The topological polar surface area (TPSA) is 17.1 Å². The van der Waals surface area contributed by atoms with Crippen LogP contribution in [0.15, 0.2) is 103 Å². The number of carbonyl (C=O) groups is 1. The standard InChI is InChI=1S/C25H20O/c26-18-25-23(20-12-6-2-7-13-20)16-22(19-10-4-1-5-11-19)17-24(25)21-14-8-3-9-15-21/h1-16,18,24H,17H2/t24-/m1/s1. The molecule has 0 bridgehead atoms. The monoisotopic (exact) mass is 336 g/mol. The first kappa shape index (κ1) is 16.3. The van der Waals surface area contributed by atoms with Crippen LogP contribution >= 0.6 is 0 Å². The van der Waals surface area contributed by atoms with Gasteiger partial charge in [0, 0.05) is 11.5 Å². The fourth-order valence-corrected chi connectivity index (χ4v) is 3.68. The molecular weight excluding hydrogens is 316 g/mol. The maximum atomic E-state index is 12.1. The number of hydrogen-bond donors (Lipinski definition) is 0. The number of rotatable bonds is 4. The highest BCUT2D eigenvalue weighted by Gasteiger charge is 2.26. The van der Waals surface area contributed by atoms with E-state index in [9.17, 15) is 4.79 Å². The molecule has 0 heterocycles. The SMILES string of the molecule is O=CC1=C(c2ccccc2)C=C(c2ccccc2)C[C@@H]1c1ccccc1. The van der Waals surface area contributed by atoms with Gasteiger partial charge in [-0.25, -0.2) is 0 Å². The molecule has 1 nitrogen and oxygen atoms in total. The van der Waals surface area contributed by atoms with Crippen LogP contribution in [0.1, 0.15) is 29.0 Å². The summed E-state index contributed by atoms with van der Waals surface area (Å²) in [5.74, 6) is 0.0733. The third-order valence-corrected chi connectivity index (χ3v) is 4.99. The lowest BCUT2D eigenvalue weighted by molar-refractivity contribution is -0.105. The predicted molar refractivity (Wildman–Crippen MR) is 108 cm³/mol. The number of hydrogen-bond acceptors (Lipinski definition) is 1. The minimum Gasteiger partial charge on any atom is -0.298 e. The first-order chi connectivity index (χ1) is 12.9. The molecule has 1 heteroatoms. The predicted octanol–water partition coefficient (Wildman–Crippen LogP) is 5.91.